The highest BCUT2D eigenvalue weighted by atomic mass is 19.4. The number of aromatic nitrogens is 2. The minimum absolute atomic E-state index is 0.290. The molecule has 1 heterocycles. The van der Waals surface area contributed by atoms with E-state index in [0.29, 0.717) is 22.8 Å². The molecule has 3 aromatic carbocycles. The molecule has 0 aliphatic heterocycles. The second kappa shape index (κ2) is 8.74. The van der Waals surface area contributed by atoms with Crippen LogP contribution >= 0.6 is 0 Å². The number of alkyl halides is 3. The largest absolute Gasteiger partial charge is 0.573 e. The first-order chi connectivity index (χ1) is 14.9. The summed E-state index contributed by atoms with van der Waals surface area (Å²) in [5.41, 5.74) is 1.98. The lowest BCUT2D eigenvalue weighted by Gasteiger charge is -2.10. The monoisotopic (exact) mass is 423 g/mol. The van der Waals surface area contributed by atoms with Crippen LogP contribution in [0.4, 0.5) is 24.7 Å². The van der Waals surface area contributed by atoms with Crippen LogP contribution in [0.3, 0.4) is 0 Å². The van der Waals surface area contributed by atoms with Gasteiger partial charge in [0.25, 0.3) is 0 Å². The van der Waals surface area contributed by atoms with E-state index in [9.17, 15) is 13.2 Å². The SMILES string of the molecule is FC(F)(F)Oc1ccc(-c2cc(Nc3ccc(Oc4ccccc4)cc3)ncn2)cc1. The minimum atomic E-state index is -4.73. The van der Waals surface area contributed by atoms with Crippen molar-refractivity contribution in [2.24, 2.45) is 0 Å². The van der Waals surface area contributed by atoms with E-state index in [4.69, 9.17) is 4.74 Å². The number of benzene rings is 3. The smallest absolute Gasteiger partial charge is 0.457 e. The Morgan fingerprint density at radius 1 is 0.710 bits per heavy atom. The van der Waals surface area contributed by atoms with Crippen LogP contribution in [0.2, 0.25) is 0 Å². The van der Waals surface area contributed by atoms with E-state index < -0.39 is 6.36 Å². The number of ether oxygens (including phenoxy) is 2. The normalized spacial score (nSPS) is 11.1. The molecule has 4 rings (SSSR count). The summed E-state index contributed by atoms with van der Waals surface area (Å²) < 4.78 is 46.6. The molecule has 0 unspecified atom stereocenters. The highest BCUT2D eigenvalue weighted by Crippen LogP contribution is 2.27. The molecule has 0 atom stereocenters. The van der Waals surface area contributed by atoms with Crippen LogP contribution in [0.1, 0.15) is 0 Å². The average molecular weight is 423 g/mol. The molecule has 0 saturated carbocycles. The molecule has 0 saturated heterocycles. The lowest BCUT2D eigenvalue weighted by Crippen LogP contribution is -2.16. The van der Waals surface area contributed by atoms with Gasteiger partial charge in [0.15, 0.2) is 0 Å². The third kappa shape index (κ3) is 5.72. The molecule has 0 amide bonds. The van der Waals surface area contributed by atoms with Crippen LogP contribution in [0, 0.1) is 0 Å². The zero-order valence-corrected chi connectivity index (χ0v) is 16.0. The van der Waals surface area contributed by atoms with E-state index in [2.05, 4.69) is 20.0 Å². The number of para-hydroxylation sites is 1. The van der Waals surface area contributed by atoms with Gasteiger partial charge in [-0.25, -0.2) is 9.97 Å². The maximum absolute atomic E-state index is 12.3. The van der Waals surface area contributed by atoms with Crippen molar-refractivity contribution < 1.29 is 22.6 Å². The first-order valence-electron chi connectivity index (χ1n) is 9.23. The van der Waals surface area contributed by atoms with Crippen LogP contribution in [0.25, 0.3) is 11.3 Å². The number of rotatable bonds is 6. The van der Waals surface area contributed by atoms with Crippen LogP contribution in [-0.2, 0) is 0 Å². The molecule has 0 bridgehead atoms. The zero-order chi connectivity index (χ0) is 21.7. The fraction of sp³-hybridized carbons (Fsp3) is 0.0435. The Hall–Kier alpha value is -4.07. The number of nitrogens with zero attached hydrogens (tertiary/aromatic N) is 2. The quantitative estimate of drug-likeness (QED) is 0.380. The van der Waals surface area contributed by atoms with E-state index in [1.165, 1.54) is 30.6 Å². The maximum atomic E-state index is 12.3. The van der Waals surface area contributed by atoms with Gasteiger partial charge in [-0.2, -0.15) is 0 Å². The molecule has 1 N–H and O–H groups in total. The standard InChI is InChI=1S/C23H16F3N3O2/c24-23(25,26)31-20-10-6-16(7-11-20)21-14-22(28-15-27-21)29-17-8-12-19(13-9-17)30-18-4-2-1-3-5-18/h1-15H,(H,27,28,29). The molecule has 4 aromatic rings. The summed E-state index contributed by atoms with van der Waals surface area (Å²) >= 11 is 0. The van der Waals surface area contributed by atoms with Gasteiger partial charge < -0.3 is 14.8 Å². The number of hydrogen-bond acceptors (Lipinski definition) is 5. The second-order valence-corrected chi connectivity index (χ2v) is 6.43. The molecule has 5 nitrogen and oxygen atoms in total. The third-order valence-corrected chi connectivity index (χ3v) is 4.16. The van der Waals surface area contributed by atoms with Gasteiger partial charge in [0.1, 0.15) is 29.4 Å². The summed E-state index contributed by atoms with van der Waals surface area (Å²) in [5, 5.41) is 3.17. The van der Waals surface area contributed by atoms with E-state index >= 15 is 0 Å². The van der Waals surface area contributed by atoms with Crippen LogP contribution in [0.15, 0.2) is 91.3 Å². The Balaban J connectivity index is 1.44. The van der Waals surface area contributed by atoms with Crippen molar-refractivity contribution in [2.75, 3.05) is 5.32 Å². The average Bonchev–Trinajstić information content (AvgIpc) is 2.76. The van der Waals surface area contributed by atoms with Crippen molar-refractivity contribution in [3.05, 3.63) is 91.3 Å². The Bertz CT molecular complexity index is 1130. The van der Waals surface area contributed by atoms with E-state index in [-0.39, 0.29) is 5.75 Å². The summed E-state index contributed by atoms with van der Waals surface area (Å²) in [5.74, 6) is 1.69. The summed E-state index contributed by atoms with van der Waals surface area (Å²) in [7, 11) is 0. The Morgan fingerprint density at radius 3 is 2.03 bits per heavy atom. The molecule has 31 heavy (non-hydrogen) atoms. The molecule has 1 aromatic heterocycles. The van der Waals surface area contributed by atoms with Crippen molar-refractivity contribution >= 4 is 11.5 Å². The predicted molar refractivity (Wildman–Crippen MR) is 110 cm³/mol. The molecule has 0 aliphatic carbocycles. The van der Waals surface area contributed by atoms with E-state index in [1.54, 1.807) is 6.07 Å². The van der Waals surface area contributed by atoms with Gasteiger partial charge in [0.05, 0.1) is 5.69 Å². The zero-order valence-electron chi connectivity index (χ0n) is 16.0. The fourth-order valence-corrected chi connectivity index (χ4v) is 2.79. The molecule has 8 heteroatoms. The summed E-state index contributed by atoms with van der Waals surface area (Å²) in [6.45, 7) is 0. The van der Waals surface area contributed by atoms with Crippen molar-refractivity contribution in [3.63, 3.8) is 0 Å². The van der Waals surface area contributed by atoms with Crippen LogP contribution in [-0.4, -0.2) is 16.3 Å². The highest BCUT2D eigenvalue weighted by Gasteiger charge is 2.30. The van der Waals surface area contributed by atoms with E-state index in [0.717, 1.165) is 11.4 Å². The molecule has 0 radical (unpaired) electrons. The van der Waals surface area contributed by atoms with Gasteiger partial charge in [0.2, 0.25) is 0 Å². The third-order valence-electron chi connectivity index (χ3n) is 4.16. The topological polar surface area (TPSA) is 56.3 Å². The lowest BCUT2D eigenvalue weighted by molar-refractivity contribution is -0.274. The Labute approximate surface area is 176 Å². The first kappa shape index (κ1) is 20.2. The van der Waals surface area contributed by atoms with Gasteiger partial charge >= 0.3 is 6.36 Å². The molecule has 0 spiro atoms. The fourth-order valence-electron chi connectivity index (χ4n) is 2.79. The molecule has 0 aliphatic rings. The number of hydrogen-bond donors (Lipinski definition) is 1. The number of nitrogens with one attached hydrogen (secondary N) is 1. The van der Waals surface area contributed by atoms with Gasteiger partial charge in [-0.1, -0.05) is 18.2 Å². The van der Waals surface area contributed by atoms with Crippen LogP contribution < -0.4 is 14.8 Å². The van der Waals surface area contributed by atoms with Crippen molar-refractivity contribution in [1.29, 1.82) is 0 Å². The molecule has 0 fully saturated rings. The van der Waals surface area contributed by atoms with Crippen molar-refractivity contribution in [1.82, 2.24) is 9.97 Å². The van der Waals surface area contributed by atoms with Crippen molar-refractivity contribution in [2.45, 2.75) is 6.36 Å². The molecule has 156 valence electrons. The van der Waals surface area contributed by atoms with Gasteiger partial charge in [-0.15, -0.1) is 13.2 Å². The highest BCUT2D eigenvalue weighted by molar-refractivity contribution is 5.66. The summed E-state index contributed by atoms with van der Waals surface area (Å²) in [6.07, 6.45) is -3.35. The van der Waals surface area contributed by atoms with Gasteiger partial charge in [0, 0.05) is 17.3 Å². The van der Waals surface area contributed by atoms with Gasteiger partial charge in [-0.3, -0.25) is 0 Å². The van der Waals surface area contributed by atoms with E-state index in [1.807, 2.05) is 54.6 Å². The molecular formula is C23H16F3N3O2. The van der Waals surface area contributed by atoms with Crippen molar-refractivity contribution in [3.8, 4) is 28.5 Å². The molecular weight excluding hydrogens is 407 g/mol. The summed E-state index contributed by atoms with van der Waals surface area (Å²) in [4.78, 5) is 8.37. The van der Waals surface area contributed by atoms with Crippen LogP contribution in [0.5, 0.6) is 17.2 Å². The first-order valence-corrected chi connectivity index (χ1v) is 9.23. The minimum Gasteiger partial charge on any atom is -0.457 e. The maximum Gasteiger partial charge on any atom is 0.573 e. The number of halogens is 3. The summed E-state index contributed by atoms with van der Waals surface area (Å²) in [6, 6.07) is 24.0. The number of anilines is 2. The lowest BCUT2D eigenvalue weighted by atomic mass is 10.1. The second-order valence-electron chi connectivity index (χ2n) is 6.43. The Kier molecular flexibility index (Phi) is 5.70. The Morgan fingerprint density at radius 2 is 1.35 bits per heavy atom. The predicted octanol–water partition coefficient (Wildman–Crippen LogP) is 6.58. The van der Waals surface area contributed by atoms with Gasteiger partial charge in [-0.05, 0) is 60.7 Å².